The van der Waals surface area contributed by atoms with Crippen LogP contribution in [0.3, 0.4) is 0 Å². The number of aromatic nitrogens is 1. The highest BCUT2D eigenvalue weighted by Crippen LogP contribution is 2.24. The second-order valence-electron chi connectivity index (χ2n) is 4.59. The Hall–Kier alpha value is -1.43. The molecule has 0 spiro atoms. The fourth-order valence-corrected chi connectivity index (χ4v) is 2.57. The second-order valence-corrected chi connectivity index (χ2v) is 5.50. The summed E-state index contributed by atoms with van der Waals surface area (Å²) in [5.41, 5.74) is 5.15. The van der Waals surface area contributed by atoms with Gasteiger partial charge in [0.2, 0.25) is 0 Å². The summed E-state index contributed by atoms with van der Waals surface area (Å²) in [7, 11) is 1.68. The summed E-state index contributed by atoms with van der Waals surface area (Å²) in [5.74, 6) is 6.55. The van der Waals surface area contributed by atoms with E-state index in [9.17, 15) is 0 Å². The van der Waals surface area contributed by atoms with Crippen molar-refractivity contribution < 1.29 is 4.74 Å². The normalized spacial score (nSPS) is 12.2. The maximum Gasteiger partial charge on any atom is 0.122 e. The van der Waals surface area contributed by atoms with Gasteiger partial charge in [-0.15, -0.1) is 0 Å². The number of halogens is 1. The van der Waals surface area contributed by atoms with Gasteiger partial charge >= 0.3 is 0 Å². The number of methoxy groups -OCH3 is 1. The molecule has 2 rings (SSSR count). The van der Waals surface area contributed by atoms with Crippen molar-refractivity contribution in [3.63, 3.8) is 0 Å². The molecule has 4 nitrogen and oxygen atoms in total. The summed E-state index contributed by atoms with van der Waals surface area (Å²) in [5, 5.41) is 0. The molecule has 1 aromatic heterocycles. The van der Waals surface area contributed by atoms with Crippen LogP contribution in [0, 0.1) is 0 Å². The predicted octanol–water partition coefficient (Wildman–Crippen LogP) is 2.47. The van der Waals surface area contributed by atoms with E-state index in [-0.39, 0.29) is 6.04 Å². The zero-order valence-electron chi connectivity index (χ0n) is 11.3. The van der Waals surface area contributed by atoms with Crippen LogP contribution >= 0.6 is 15.9 Å². The molecule has 0 aliphatic rings. The first-order chi connectivity index (χ1) is 9.72. The highest BCUT2D eigenvalue weighted by Gasteiger charge is 2.12. The molecular weight excluding hydrogens is 318 g/mol. The lowest BCUT2D eigenvalue weighted by Gasteiger charge is -2.18. The molecule has 3 N–H and O–H groups in total. The maximum atomic E-state index is 5.68. The predicted molar refractivity (Wildman–Crippen MR) is 83.5 cm³/mol. The Labute approximate surface area is 127 Å². The average molecular weight is 336 g/mol. The van der Waals surface area contributed by atoms with Crippen molar-refractivity contribution in [1.82, 2.24) is 10.4 Å². The summed E-state index contributed by atoms with van der Waals surface area (Å²) in [6, 6.07) is 10.1. The van der Waals surface area contributed by atoms with E-state index in [0.717, 1.165) is 34.2 Å². The second kappa shape index (κ2) is 7.38. The Morgan fingerprint density at radius 2 is 2.20 bits per heavy atom. The van der Waals surface area contributed by atoms with Gasteiger partial charge in [-0.1, -0.05) is 22.0 Å². The fraction of sp³-hybridized carbons (Fsp3) is 0.267. The Balaban J connectivity index is 2.12. The third-order valence-electron chi connectivity index (χ3n) is 3.15. The molecule has 0 amide bonds. The molecule has 20 heavy (non-hydrogen) atoms. The maximum absolute atomic E-state index is 5.68. The fourth-order valence-electron chi connectivity index (χ4n) is 2.17. The van der Waals surface area contributed by atoms with Gasteiger partial charge in [0.05, 0.1) is 7.11 Å². The van der Waals surface area contributed by atoms with E-state index < -0.39 is 0 Å². The van der Waals surface area contributed by atoms with Crippen LogP contribution in [0.2, 0.25) is 0 Å². The highest BCUT2D eigenvalue weighted by atomic mass is 79.9. The molecule has 0 aliphatic carbocycles. The summed E-state index contributed by atoms with van der Waals surface area (Å²) in [4.78, 5) is 4.13. The molecule has 1 atom stereocenters. The Morgan fingerprint density at radius 3 is 2.85 bits per heavy atom. The summed E-state index contributed by atoms with van der Waals surface area (Å²) < 4.78 is 6.43. The number of hydrazine groups is 1. The number of rotatable bonds is 6. The van der Waals surface area contributed by atoms with Crippen molar-refractivity contribution in [2.75, 3.05) is 7.11 Å². The lowest BCUT2D eigenvalue weighted by atomic mass is 10.00. The smallest absolute Gasteiger partial charge is 0.122 e. The van der Waals surface area contributed by atoms with E-state index in [1.165, 1.54) is 0 Å². The first-order valence-electron chi connectivity index (χ1n) is 6.40. The average Bonchev–Trinajstić information content (AvgIpc) is 2.48. The molecule has 1 heterocycles. The van der Waals surface area contributed by atoms with Crippen molar-refractivity contribution in [2.45, 2.75) is 18.9 Å². The van der Waals surface area contributed by atoms with E-state index in [4.69, 9.17) is 10.6 Å². The monoisotopic (exact) mass is 335 g/mol. The number of nitrogens with one attached hydrogen (secondary N) is 1. The number of hydrogen-bond acceptors (Lipinski definition) is 4. The first-order valence-corrected chi connectivity index (χ1v) is 7.19. The van der Waals surface area contributed by atoms with Crippen LogP contribution in [0.1, 0.15) is 11.1 Å². The topological polar surface area (TPSA) is 60.2 Å². The third-order valence-corrected chi connectivity index (χ3v) is 3.64. The van der Waals surface area contributed by atoms with Gasteiger partial charge in [-0.2, -0.15) is 0 Å². The largest absolute Gasteiger partial charge is 0.496 e. The van der Waals surface area contributed by atoms with Gasteiger partial charge in [0.25, 0.3) is 0 Å². The lowest BCUT2D eigenvalue weighted by Crippen LogP contribution is -2.38. The van der Waals surface area contributed by atoms with Crippen LogP contribution in [0.5, 0.6) is 5.75 Å². The van der Waals surface area contributed by atoms with Crippen molar-refractivity contribution in [3.8, 4) is 5.75 Å². The number of nitrogens with two attached hydrogens (primary N) is 1. The van der Waals surface area contributed by atoms with Crippen molar-refractivity contribution >= 4 is 15.9 Å². The van der Waals surface area contributed by atoms with Crippen LogP contribution in [0.15, 0.2) is 47.2 Å². The highest BCUT2D eigenvalue weighted by molar-refractivity contribution is 9.10. The van der Waals surface area contributed by atoms with Crippen LogP contribution in [-0.2, 0) is 12.8 Å². The summed E-state index contributed by atoms with van der Waals surface area (Å²) in [6.45, 7) is 0. The minimum atomic E-state index is 0.127. The lowest BCUT2D eigenvalue weighted by molar-refractivity contribution is 0.404. The Kier molecular flexibility index (Phi) is 5.52. The molecule has 0 saturated carbocycles. The van der Waals surface area contributed by atoms with E-state index >= 15 is 0 Å². The van der Waals surface area contributed by atoms with Gasteiger partial charge in [0, 0.05) is 22.9 Å². The number of nitrogens with zero attached hydrogens (tertiary/aromatic N) is 1. The van der Waals surface area contributed by atoms with Crippen LogP contribution in [-0.4, -0.2) is 18.1 Å². The molecule has 0 aliphatic heterocycles. The standard InChI is InChI=1S/C15H18BrN3O/c1-20-15-5-4-13(16)8-12(15)9-14(19-17)7-11-3-2-6-18-10-11/h2-6,8,10,14,19H,7,9,17H2,1H3. The van der Waals surface area contributed by atoms with E-state index in [1.807, 2.05) is 24.4 Å². The number of hydrogen-bond donors (Lipinski definition) is 2. The van der Waals surface area contributed by atoms with Crippen LogP contribution in [0.4, 0.5) is 0 Å². The molecule has 1 unspecified atom stereocenters. The SMILES string of the molecule is COc1ccc(Br)cc1CC(Cc1cccnc1)NN. The van der Waals surface area contributed by atoms with E-state index in [1.54, 1.807) is 13.3 Å². The summed E-state index contributed by atoms with van der Waals surface area (Å²) >= 11 is 3.49. The minimum absolute atomic E-state index is 0.127. The Morgan fingerprint density at radius 1 is 1.35 bits per heavy atom. The molecule has 5 heteroatoms. The quantitative estimate of drug-likeness (QED) is 0.628. The van der Waals surface area contributed by atoms with Gasteiger partial charge in [-0.05, 0) is 48.2 Å². The number of benzene rings is 1. The molecule has 0 radical (unpaired) electrons. The van der Waals surface area contributed by atoms with Gasteiger partial charge < -0.3 is 4.74 Å². The number of ether oxygens (including phenoxy) is 1. The molecule has 0 bridgehead atoms. The zero-order valence-corrected chi connectivity index (χ0v) is 12.9. The molecule has 106 valence electrons. The minimum Gasteiger partial charge on any atom is -0.496 e. The molecular formula is C15H18BrN3O. The Bertz CT molecular complexity index is 548. The number of pyridine rings is 1. The van der Waals surface area contributed by atoms with Crippen LogP contribution in [0.25, 0.3) is 0 Å². The van der Waals surface area contributed by atoms with Crippen molar-refractivity contribution in [1.29, 1.82) is 0 Å². The third kappa shape index (κ3) is 4.03. The van der Waals surface area contributed by atoms with Crippen LogP contribution < -0.4 is 16.0 Å². The first kappa shape index (κ1) is 15.0. The van der Waals surface area contributed by atoms with Gasteiger partial charge in [0.15, 0.2) is 0 Å². The van der Waals surface area contributed by atoms with Gasteiger partial charge in [-0.25, -0.2) is 0 Å². The van der Waals surface area contributed by atoms with Gasteiger partial charge in [0.1, 0.15) is 5.75 Å². The van der Waals surface area contributed by atoms with Gasteiger partial charge in [-0.3, -0.25) is 16.3 Å². The molecule has 0 fully saturated rings. The molecule has 0 saturated heterocycles. The van der Waals surface area contributed by atoms with Crippen molar-refractivity contribution in [2.24, 2.45) is 5.84 Å². The zero-order chi connectivity index (χ0) is 14.4. The summed E-state index contributed by atoms with van der Waals surface area (Å²) in [6.07, 6.45) is 5.24. The van der Waals surface area contributed by atoms with E-state index in [2.05, 4.69) is 38.5 Å². The van der Waals surface area contributed by atoms with E-state index in [0.29, 0.717) is 0 Å². The molecule has 1 aromatic carbocycles. The molecule has 2 aromatic rings. The van der Waals surface area contributed by atoms with Crippen molar-refractivity contribution in [3.05, 3.63) is 58.3 Å².